The second kappa shape index (κ2) is 6.67. The van der Waals surface area contributed by atoms with Gasteiger partial charge in [0, 0.05) is 26.8 Å². The van der Waals surface area contributed by atoms with Gasteiger partial charge in [0.2, 0.25) is 0 Å². The lowest BCUT2D eigenvalue weighted by molar-refractivity contribution is 0.0624. The van der Waals surface area contributed by atoms with Gasteiger partial charge < -0.3 is 4.74 Å². The molecule has 0 spiro atoms. The Hall–Kier alpha value is -1.95. The van der Waals surface area contributed by atoms with Crippen LogP contribution in [-0.4, -0.2) is 29.1 Å². The van der Waals surface area contributed by atoms with E-state index in [0.29, 0.717) is 18.0 Å². The molecule has 21 heavy (non-hydrogen) atoms. The first-order valence-corrected chi connectivity index (χ1v) is 7.10. The van der Waals surface area contributed by atoms with Crippen molar-refractivity contribution in [3.63, 3.8) is 0 Å². The Kier molecular flexibility index (Phi) is 4.90. The molecule has 1 aromatic heterocycles. The predicted octanol–water partition coefficient (Wildman–Crippen LogP) is 1.34. The summed E-state index contributed by atoms with van der Waals surface area (Å²) in [5.41, 5.74) is -0.387. The van der Waals surface area contributed by atoms with Crippen LogP contribution in [-0.2, 0) is 18.3 Å². The molecular weight excluding hydrogens is 270 g/mol. The third kappa shape index (κ3) is 3.05. The highest BCUT2D eigenvalue weighted by Gasteiger charge is 2.17. The van der Waals surface area contributed by atoms with Crippen molar-refractivity contribution in [2.75, 3.05) is 13.2 Å². The van der Waals surface area contributed by atoms with E-state index in [1.807, 2.05) is 0 Å². The van der Waals surface area contributed by atoms with Crippen LogP contribution in [0, 0.1) is 5.92 Å². The van der Waals surface area contributed by atoms with E-state index < -0.39 is 0 Å². The van der Waals surface area contributed by atoms with Gasteiger partial charge in [-0.25, -0.2) is 9.79 Å². The Balaban J connectivity index is 2.33. The standard InChI is InChI=1S/C15H21N3O3/c1-4-12-13(16-2)17(3)15(20)18(14(12)19)8-5-11-6-9-21-10-7-11/h4,11H,1-2,5-10H2,3H3. The molecule has 1 fully saturated rings. The van der Waals surface area contributed by atoms with Crippen LogP contribution in [0.25, 0.3) is 6.08 Å². The number of aliphatic imine (C=N–C) groups is 1. The molecule has 0 aliphatic carbocycles. The van der Waals surface area contributed by atoms with Crippen molar-refractivity contribution in [3.8, 4) is 0 Å². The van der Waals surface area contributed by atoms with Gasteiger partial charge in [-0.2, -0.15) is 0 Å². The Morgan fingerprint density at radius 1 is 1.38 bits per heavy atom. The smallest absolute Gasteiger partial charge is 0.332 e. The predicted molar refractivity (Wildman–Crippen MR) is 83.4 cm³/mol. The number of ether oxygens (including phenoxy) is 1. The van der Waals surface area contributed by atoms with Crippen LogP contribution in [0.1, 0.15) is 24.8 Å². The van der Waals surface area contributed by atoms with Crippen molar-refractivity contribution < 1.29 is 4.74 Å². The average Bonchev–Trinajstić information content (AvgIpc) is 2.51. The lowest BCUT2D eigenvalue weighted by atomic mass is 9.96. The van der Waals surface area contributed by atoms with Crippen molar-refractivity contribution in [1.82, 2.24) is 9.13 Å². The van der Waals surface area contributed by atoms with E-state index in [1.165, 1.54) is 15.2 Å². The van der Waals surface area contributed by atoms with Gasteiger partial charge in [0.05, 0.1) is 5.56 Å². The number of rotatable bonds is 5. The van der Waals surface area contributed by atoms with E-state index in [2.05, 4.69) is 18.3 Å². The SMILES string of the molecule is C=Cc1c(N=C)n(C)c(=O)n(CCC2CCOCC2)c1=O. The van der Waals surface area contributed by atoms with E-state index in [4.69, 9.17) is 4.74 Å². The molecule has 2 rings (SSSR count). The molecule has 0 saturated carbocycles. The van der Waals surface area contributed by atoms with Gasteiger partial charge in [-0.05, 0) is 31.9 Å². The van der Waals surface area contributed by atoms with Gasteiger partial charge in [0.15, 0.2) is 0 Å². The third-order valence-corrected chi connectivity index (χ3v) is 4.01. The van der Waals surface area contributed by atoms with Crippen molar-refractivity contribution in [3.05, 3.63) is 33.0 Å². The highest BCUT2D eigenvalue weighted by molar-refractivity contribution is 5.60. The summed E-state index contributed by atoms with van der Waals surface area (Å²) >= 11 is 0. The van der Waals surface area contributed by atoms with Gasteiger partial charge in [-0.15, -0.1) is 0 Å². The highest BCUT2D eigenvalue weighted by atomic mass is 16.5. The molecule has 0 radical (unpaired) electrons. The molecule has 2 heterocycles. The summed E-state index contributed by atoms with van der Waals surface area (Å²) in [6, 6.07) is 0. The quantitative estimate of drug-likeness (QED) is 0.769. The Morgan fingerprint density at radius 3 is 2.62 bits per heavy atom. The molecule has 0 aromatic carbocycles. The van der Waals surface area contributed by atoms with Crippen molar-refractivity contribution in [2.45, 2.75) is 25.8 Å². The summed E-state index contributed by atoms with van der Waals surface area (Å²) in [6.07, 6.45) is 4.19. The third-order valence-electron chi connectivity index (χ3n) is 4.01. The Labute approximate surface area is 123 Å². The van der Waals surface area contributed by atoms with Gasteiger partial charge >= 0.3 is 5.69 Å². The summed E-state index contributed by atoms with van der Waals surface area (Å²) in [7, 11) is 1.59. The molecular formula is C15H21N3O3. The summed E-state index contributed by atoms with van der Waals surface area (Å²) in [5.74, 6) is 0.766. The molecule has 6 nitrogen and oxygen atoms in total. The topological polar surface area (TPSA) is 65.6 Å². The lowest BCUT2D eigenvalue weighted by Crippen LogP contribution is -2.40. The first kappa shape index (κ1) is 15.4. The molecule has 6 heteroatoms. The van der Waals surface area contributed by atoms with Crippen molar-refractivity contribution >= 4 is 18.6 Å². The van der Waals surface area contributed by atoms with Gasteiger partial charge in [0.1, 0.15) is 5.82 Å². The molecule has 0 unspecified atom stereocenters. The largest absolute Gasteiger partial charge is 0.381 e. The first-order valence-electron chi connectivity index (χ1n) is 7.10. The minimum absolute atomic E-state index is 0.266. The van der Waals surface area contributed by atoms with E-state index in [9.17, 15) is 9.59 Å². The summed E-state index contributed by atoms with van der Waals surface area (Å²) < 4.78 is 7.93. The maximum Gasteiger partial charge on any atom is 0.332 e. The van der Waals surface area contributed by atoms with E-state index in [0.717, 1.165) is 32.5 Å². The molecule has 0 bridgehead atoms. The van der Waals surface area contributed by atoms with Crippen molar-refractivity contribution in [2.24, 2.45) is 18.0 Å². The number of aromatic nitrogens is 2. The van der Waals surface area contributed by atoms with E-state index in [-0.39, 0.29) is 17.1 Å². The van der Waals surface area contributed by atoms with E-state index in [1.54, 1.807) is 7.05 Å². The number of hydrogen-bond donors (Lipinski definition) is 0. The molecule has 1 aromatic rings. The first-order chi connectivity index (χ1) is 10.1. The zero-order chi connectivity index (χ0) is 15.4. The van der Waals surface area contributed by atoms with E-state index >= 15 is 0 Å². The van der Waals surface area contributed by atoms with Crippen LogP contribution in [0.3, 0.4) is 0 Å². The van der Waals surface area contributed by atoms with Crippen LogP contribution in [0.5, 0.6) is 0 Å². The maximum absolute atomic E-state index is 12.4. The van der Waals surface area contributed by atoms with Crippen LogP contribution < -0.4 is 11.2 Å². The van der Waals surface area contributed by atoms with Crippen molar-refractivity contribution in [1.29, 1.82) is 0 Å². The zero-order valence-electron chi connectivity index (χ0n) is 12.4. The number of nitrogens with zero attached hydrogens (tertiary/aromatic N) is 3. The summed E-state index contributed by atoms with van der Waals surface area (Å²) in [5, 5.41) is 0. The molecule has 0 atom stereocenters. The van der Waals surface area contributed by atoms with Gasteiger partial charge in [0.25, 0.3) is 5.56 Å². The fourth-order valence-corrected chi connectivity index (χ4v) is 2.69. The van der Waals surface area contributed by atoms with Crippen LogP contribution in [0.2, 0.25) is 0 Å². The monoisotopic (exact) mass is 291 g/mol. The normalized spacial score (nSPS) is 15.9. The maximum atomic E-state index is 12.4. The fourth-order valence-electron chi connectivity index (χ4n) is 2.69. The fraction of sp³-hybridized carbons (Fsp3) is 0.533. The Bertz CT molecular complexity index is 651. The molecule has 1 aliphatic rings. The second-order valence-corrected chi connectivity index (χ2v) is 5.24. The minimum Gasteiger partial charge on any atom is -0.381 e. The second-order valence-electron chi connectivity index (χ2n) is 5.24. The number of hydrogen-bond acceptors (Lipinski definition) is 4. The van der Waals surface area contributed by atoms with Crippen LogP contribution >= 0.6 is 0 Å². The van der Waals surface area contributed by atoms with Crippen LogP contribution in [0.4, 0.5) is 5.82 Å². The highest BCUT2D eigenvalue weighted by Crippen LogP contribution is 2.19. The van der Waals surface area contributed by atoms with Crippen LogP contribution in [0.15, 0.2) is 21.2 Å². The van der Waals surface area contributed by atoms with Gasteiger partial charge in [-0.1, -0.05) is 12.7 Å². The summed E-state index contributed by atoms with van der Waals surface area (Å²) in [4.78, 5) is 28.4. The minimum atomic E-state index is -0.361. The zero-order valence-corrected chi connectivity index (χ0v) is 12.4. The van der Waals surface area contributed by atoms with Gasteiger partial charge in [-0.3, -0.25) is 13.9 Å². The molecule has 0 amide bonds. The molecule has 1 aliphatic heterocycles. The average molecular weight is 291 g/mol. The molecule has 114 valence electrons. The summed E-state index contributed by atoms with van der Waals surface area (Å²) in [6.45, 7) is 8.97. The molecule has 0 N–H and O–H groups in total. The Morgan fingerprint density at radius 2 is 2.05 bits per heavy atom. The molecule has 1 saturated heterocycles. The lowest BCUT2D eigenvalue weighted by Gasteiger charge is -2.22.